The smallest absolute Gasteiger partial charge is 0.123 e. The minimum atomic E-state index is 0.620. The van der Waals surface area contributed by atoms with E-state index in [4.69, 9.17) is 4.74 Å². The lowest BCUT2D eigenvalue weighted by Gasteiger charge is -2.13. The first kappa shape index (κ1) is 12.6. The molecule has 1 atom stereocenters. The molecule has 0 aliphatic carbocycles. The van der Waals surface area contributed by atoms with Crippen LogP contribution in [0.4, 0.5) is 0 Å². The zero-order valence-electron chi connectivity index (χ0n) is 9.72. The topological polar surface area (TPSA) is 9.23 Å². The van der Waals surface area contributed by atoms with Crippen LogP contribution >= 0.6 is 15.9 Å². The predicted octanol–water partition coefficient (Wildman–Crippen LogP) is 4.31. The number of aryl methyl sites for hydroxylation is 1. The third kappa shape index (κ3) is 3.86. The molecule has 0 aliphatic heterocycles. The van der Waals surface area contributed by atoms with Crippen molar-refractivity contribution in [2.45, 2.75) is 32.5 Å². The molecule has 1 unspecified atom stereocenters. The predicted molar refractivity (Wildman–Crippen MR) is 68.8 cm³/mol. The Balaban J connectivity index is 2.67. The van der Waals surface area contributed by atoms with E-state index in [1.54, 1.807) is 0 Å². The lowest BCUT2D eigenvalue weighted by Crippen LogP contribution is -2.08. The van der Waals surface area contributed by atoms with Crippen molar-refractivity contribution in [3.63, 3.8) is 0 Å². The average molecular weight is 271 g/mol. The Kier molecular flexibility index (Phi) is 5.16. The van der Waals surface area contributed by atoms with Crippen LogP contribution in [0, 0.1) is 12.8 Å². The van der Waals surface area contributed by atoms with Crippen molar-refractivity contribution in [2.75, 3.05) is 6.61 Å². The number of benzene rings is 1. The van der Waals surface area contributed by atoms with Crippen LogP contribution in [0.15, 0.2) is 18.2 Å². The van der Waals surface area contributed by atoms with Gasteiger partial charge < -0.3 is 4.74 Å². The molecule has 84 valence electrons. The number of hydrogen-bond donors (Lipinski definition) is 0. The summed E-state index contributed by atoms with van der Waals surface area (Å²) in [5, 5.41) is 0.852. The van der Waals surface area contributed by atoms with Crippen LogP contribution < -0.4 is 4.74 Å². The molecule has 0 saturated heterocycles. The maximum atomic E-state index is 5.81. The third-order valence-corrected chi connectivity index (χ3v) is 3.18. The fourth-order valence-electron chi connectivity index (χ4n) is 1.30. The molecule has 0 amide bonds. The Bertz CT molecular complexity index is 309. The first-order valence-electron chi connectivity index (χ1n) is 5.45. The number of alkyl halides is 1. The van der Waals surface area contributed by atoms with E-state index in [1.165, 1.54) is 11.1 Å². The van der Waals surface area contributed by atoms with Gasteiger partial charge in [-0.15, -0.1) is 0 Å². The van der Waals surface area contributed by atoms with Crippen LogP contribution in [0.2, 0.25) is 0 Å². The highest BCUT2D eigenvalue weighted by Crippen LogP contribution is 2.23. The minimum Gasteiger partial charge on any atom is -0.493 e. The summed E-state index contributed by atoms with van der Waals surface area (Å²) in [6, 6.07) is 6.33. The standard InChI is InChI=1S/C13H19BrO/c1-4-10(2)9-15-13-6-5-11(3)7-12(13)8-14/h5-7,10H,4,8-9H2,1-3H3. The third-order valence-electron chi connectivity index (χ3n) is 2.58. The molecular weight excluding hydrogens is 252 g/mol. The zero-order valence-corrected chi connectivity index (χ0v) is 11.3. The molecule has 1 nitrogen and oxygen atoms in total. The second-order valence-corrected chi connectivity index (χ2v) is 4.63. The first-order valence-corrected chi connectivity index (χ1v) is 6.57. The molecule has 1 aromatic carbocycles. The highest BCUT2D eigenvalue weighted by Gasteiger charge is 2.05. The molecule has 15 heavy (non-hydrogen) atoms. The van der Waals surface area contributed by atoms with Crippen LogP contribution in [0.25, 0.3) is 0 Å². The molecular formula is C13H19BrO. The zero-order chi connectivity index (χ0) is 11.3. The van der Waals surface area contributed by atoms with Crippen LogP contribution in [-0.2, 0) is 5.33 Å². The van der Waals surface area contributed by atoms with Crippen LogP contribution in [0.1, 0.15) is 31.4 Å². The Morgan fingerprint density at radius 1 is 1.40 bits per heavy atom. The van der Waals surface area contributed by atoms with Gasteiger partial charge in [0.15, 0.2) is 0 Å². The van der Waals surface area contributed by atoms with Gasteiger partial charge in [0, 0.05) is 10.9 Å². The number of ether oxygens (including phenoxy) is 1. The molecule has 0 heterocycles. The molecule has 2 heteroatoms. The largest absolute Gasteiger partial charge is 0.493 e. The second kappa shape index (κ2) is 6.16. The average Bonchev–Trinajstić information content (AvgIpc) is 2.26. The van der Waals surface area contributed by atoms with E-state index in [0.717, 1.165) is 24.1 Å². The molecule has 1 rings (SSSR count). The Hall–Kier alpha value is -0.500. The molecule has 0 aliphatic rings. The van der Waals surface area contributed by atoms with Crippen molar-refractivity contribution in [1.29, 1.82) is 0 Å². The Labute approximate surface area is 101 Å². The molecule has 1 aromatic rings. The van der Waals surface area contributed by atoms with Gasteiger partial charge in [0.1, 0.15) is 5.75 Å². The van der Waals surface area contributed by atoms with Crippen molar-refractivity contribution in [1.82, 2.24) is 0 Å². The van der Waals surface area contributed by atoms with E-state index >= 15 is 0 Å². The van der Waals surface area contributed by atoms with Gasteiger partial charge >= 0.3 is 0 Å². The normalized spacial score (nSPS) is 12.5. The number of halogens is 1. The van der Waals surface area contributed by atoms with Crippen molar-refractivity contribution in [3.05, 3.63) is 29.3 Å². The van der Waals surface area contributed by atoms with Crippen molar-refractivity contribution >= 4 is 15.9 Å². The van der Waals surface area contributed by atoms with Crippen molar-refractivity contribution in [3.8, 4) is 5.75 Å². The van der Waals surface area contributed by atoms with Crippen molar-refractivity contribution < 1.29 is 4.74 Å². The fraction of sp³-hybridized carbons (Fsp3) is 0.538. The molecule has 0 bridgehead atoms. The summed E-state index contributed by atoms with van der Waals surface area (Å²) in [6.07, 6.45) is 1.16. The van der Waals surface area contributed by atoms with E-state index < -0.39 is 0 Å². The molecule has 0 spiro atoms. The quantitative estimate of drug-likeness (QED) is 0.725. The van der Waals surface area contributed by atoms with Crippen LogP contribution in [-0.4, -0.2) is 6.61 Å². The van der Waals surface area contributed by atoms with Gasteiger partial charge in [-0.25, -0.2) is 0 Å². The van der Waals surface area contributed by atoms with Gasteiger partial charge in [-0.3, -0.25) is 0 Å². The van der Waals surface area contributed by atoms with Gasteiger partial charge in [0.25, 0.3) is 0 Å². The summed E-state index contributed by atoms with van der Waals surface area (Å²) in [7, 11) is 0. The van der Waals surface area contributed by atoms with Gasteiger partial charge in [0.05, 0.1) is 6.61 Å². The van der Waals surface area contributed by atoms with E-state index in [-0.39, 0.29) is 0 Å². The number of rotatable bonds is 5. The highest BCUT2D eigenvalue weighted by molar-refractivity contribution is 9.08. The SMILES string of the molecule is CCC(C)COc1ccc(C)cc1CBr. The Morgan fingerprint density at radius 3 is 2.73 bits per heavy atom. The van der Waals surface area contributed by atoms with Crippen molar-refractivity contribution in [2.24, 2.45) is 5.92 Å². The fourth-order valence-corrected chi connectivity index (χ4v) is 1.74. The number of hydrogen-bond acceptors (Lipinski definition) is 1. The van der Waals surface area contributed by atoms with E-state index in [0.29, 0.717) is 5.92 Å². The maximum Gasteiger partial charge on any atom is 0.123 e. The summed E-state index contributed by atoms with van der Waals surface area (Å²) in [6.45, 7) is 7.31. The van der Waals surface area contributed by atoms with Gasteiger partial charge in [-0.2, -0.15) is 0 Å². The minimum absolute atomic E-state index is 0.620. The van der Waals surface area contributed by atoms with Crippen LogP contribution in [0.3, 0.4) is 0 Å². The van der Waals surface area contributed by atoms with Gasteiger partial charge in [0.2, 0.25) is 0 Å². The van der Waals surface area contributed by atoms with E-state index in [1.807, 2.05) is 0 Å². The summed E-state index contributed by atoms with van der Waals surface area (Å²) in [4.78, 5) is 0. The van der Waals surface area contributed by atoms with Crippen LogP contribution in [0.5, 0.6) is 5.75 Å². The van der Waals surface area contributed by atoms with E-state index in [2.05, 4.69) is 54.9 Å². The molecule has 0 radical (unpaired) electrons. The van der Waals surface area contributed by atoms with E-state index in [9.17, 15) is 0 Å². The molecule has 0 aromatic heterocycles. The second-order valence-electron chi connectivity index (χ2n) is 4.07. The maximum absolute atomic E-state index is 5.81. The molecule has 0 fully saturated rings. The highest BCUT2D eigenvalue weighted by atomic mass is 79.9. The lowest BCUT2D eigenvalue weighted by atomic mass is 10.1. The monoisotopic (exact) mass is 270 g/mol. The summed E-state index contributed by atoms with van der Waals surface area (Å²) < 4.78 is 5.81. The molecule has 0 saturated carbocycles. The summed E-state index contributed by atoms with van der Waals surface area (Å²) >= 11 is 3.49. The molecule has 0 N–H and O–H groups in total. The van der Waals surface area contributed by atoms with Gasteiger partial charge in [-0.05, 0) is 18.9 Å². The lowest BCUT2D eigenvalue weighted by molar-refractivity contribution is 0.255. The first-order chi connectivity index (χ1) is 7.17. The van der Waals surface area contributed by atoms with Gasteiger partial charge in [-0.1, -0.05) is 53.9 Å². The summed E-state index contributed by atoms with van der Waals surface area (Å²) in [5.74, 6) is 1.63. The summed E-state index contributed by atoms with van der Waals surface area (Å²) in [5.41, 5.74) is 2.51. The Morgan fingerprint density at radius 2 is 2.13 bits per heavy atom.